The van der Waals surface area contributed by atoms with Crippen LogP contribution in [0.2, 0.25) is 18.1 Å². The molecule has 0 unspecified atom stereocenters. The van der Waals surface area contributed by atoms with Gasteiger partial charge in [-0.1, -0.05) is 38.5 Å². The third-order valence-corrected chi connectivity index (χ3v) is 9.06. The number of rotatable bonds is 4. The van der Waals surface area contributed by atoms with Gasteiger partial charge in [0.2, 0.25) is 0 Å². The van der Waals surface area contributed by atoms with E-state index in [1.54, 1.807) is 0 Å². The first-order valence-corrected chi connectivity index (χ1v) is 10.7. The van der Waals surface area contributed by atoms with Crippen LogP contribution in [0.5, 0.6) is 5.75 Å². The fraction of sp³-hybridized carbons (Fsp3) is 0.556. The van der Waals surface area contributed by atoms with Crippen molar-refractivity contribution in [3.05, 3.63) is 34.9 Å². The van der Waals surface area contributed by atoms with E-state index in [0.717, 1.165) is 29.7 Å². The molecule has 3 heteroatoms. The Morgan fingerprint density at radius 2 is 1.86 bits per heavy atom. The van der Waals surface area contributed by atoms with Crippen molar-refractivity contribution in [2.75, 3.05) is 6.61 Å². The summed E-state index contributed by atoms with van der Waals surface area (Å²) in [5, 5.41) is 9.91. The lowest BCUT2D eigenvalue weighted by Gasteiger charge is -2.37. The van der Waals surface area contributed by atoms with Gasteiger partial charge in [0.1, 0.15) is 5.75 Å². The van der Waals surface area contributed by atoms with Gasteiger partial charge in [-0.15, -0.1) is 0 Å². The molecule has 0 atom stereocenters. The van der Waals surface area contributed by atoms with Gasteiger partial charge in [0.25, 0.3) is 8.32 Å². The summed E-state index contributed by atoms with van der Waals surface area (Å²) in [4.78, 5) is 0. The van der Waals surface area contributed by atoms with Crippen LogP contribution in [0.25, 0.3) is 5.57 Å². The third kappa shape index (κ3) is 3.58. The molecule has 116 valence electrons. The number of aryl methyl sites for hydroxylation is 1. The molecule has 2 nitrogen and oxygen atoms in total. The highest BCUT2D eigenvalue weighted by molar-refractivity contribution is 6.74. The van der Waals surface area contributed by atoms with Gasteiger partial charge in [-0.3, -0.25) is 0 Å². The molecule has 2 rings (SSSR count). The van der Waals surface area contributed by atoms with Crippen molar-refractivity contribution in [1.29, 1.82) is 0 Å². The van der Waals surface area contributed by atoms with Crippen molar-refractivity contribution in [2.24, 2.45) is 0 Å². The number of hydrogen-bond donors (Lipinski definition) is 1. The Bertz CT molecular complexity index is 559. The smallest absolute Gasteiger partial charge is 0.250 e. The molecule has 0 radical (unpaired) electrons. The Hall–Kier alpha value is -1.06. The van der Waals surface area contributed by atoms with Gasteiger partial charge >= 0.3 is 0 Å². The Kier molecular flexibility index (Phi) is 4.36. The van der Waals surface area contributed by atoms with Crippen molar-refractivity contribution in [2.45, 2.75) is 58.7 Å². The first-order chi connectivity index (χ1) is 9.65. The standard InChI is InChI=1S/C18H28O2Si/c1-13-7-10-15(16(12-19)14-8-9-14)17(11-13)20-21(5,6)18(2,3)4/h7,10-11,19H,8-9,12H2,1-6H3. The van der Waals surface area contributed by atoms with Crippen molar-refractivity contribution >= 4 is 13.9 Å². The largest absolute Gasteiger partial charge is 0.543 e. The van der Waals surface area contributed by atoms with E-state index in [2.05, 4.69) is 59.0 Å². The maximum Gasteiger partial charge on any atom is 0.250 e. The maximum absolute atomic E-state index is 9.74. The van der Waals surface area contributed by atoms with Crippen LogP contribution in [0, 0.1) is 6.92 Å². The van der Waals surface area contributed by atoms with E-state index in [4.69, 9.17) is 4.43 Å². The predicted molar refractivity (Wildman–Crippen MR) is 92.2 cm³/mol. The van der Waals surface area contributed by atoms with Crippen LogP contribution in [0.1, 0.15) is 44.7 Å². The predicted octanol–water partition coefficient (Wildman–Crippen LogP) is 4.92. The lowest BCUT2D eigenvalue weighted by molar-refractivity contribution is 0.349. The minimum absolute atomic E-state index is 0.103. The van der Waals surface area contributed by atoms with Crippen LogP contribution in [-0.2, 0) is 0 Å². The van der Waals surface area contributed by atoms with E-state index in [1.165, 1.54) is 11.1 Å². The van der Waals surface area contributed by atoms with Crippen LogP contribution >= 0.6 is 0 Å². The molecule has 1 N–H and O–H groups in total. The molecule has 0 bridgehead atoms. The molecule has 21 heavy (non-hydrogen) atoms. The molecule has 0 aliphatic heterocycles. The quantitative estimate of drug-likeness (QED) is 0.800. The Morgan fingerprint density at radius 3 is 2.33 bits per heavy atom. The van der Waals surface area contributed by atoms with Crippen LogP contribution in [0.3, 0.4) is 0 Å². The lowest BCUT2D eigenvalue weighted by atomic mass is 10.0. The Labute approximate surface area is 130 Å². The van der Waals surface area contributed by atoms with Crippen molar-refractivity contribution < 1.29 is 9.53 Å². The summed E-state index contributed by atoms with van der Waals surface area (Å²) >= 11 is 0. The highest BCUT2D eigenvalue weighted by Gasteiger charge is 2.39. The summed E-state index contributed by atoms with van der Waals surface area (Å²) in [7, 11) is -1.88. The number of aliphatic hydroxyl groups excluding tert-OH is 1. The van der Waals surface area contributed by atoms with Gasteiger partial charge in [-0.2, -0.15) is 0 Å². The van der Waals surface area contributed by atoms with Gasteiger partial charge in [-0.05, 0) is 55.1 Å². The molecule has 1 aliphatic carbocycles. The van der Waals surface area contributed by atoms with Gasteiger partial charge in [0.05, 0.1) is 6.61 Å². The Morgan fingerprint density at radius 1 is 1.24 bits per heavy atom. The van der Waals surface area contributed by atoms with Crippen LogP contribution in [-0.4, -0.2) is 20.0 Å². The molecule has 1 saturated carbocycles. The molecule has 0 heterocycles. The van der Waals surface area contributed by atoms with Crippen LogP contribution in [0.4, 0.5) is 0 Å². The number of allylic oxidation sites excluding steroid dienone is 1. The molecule has 0 aromatic heterocycles. The zero-order valence-corrected chi connectivity index (χ0v) is 15.2. The fourth-order valence-electron chi connectivity index (χ4n) is 2.14. The molecule has 0 amide bonds. The SMILES string of the molecule is Cc1ccc(C(CO)=C2CC2)c(O[Si](C)(C)C(C)(C)C)c1. The highest BCUT2D eigenvalue weighted by atomic mass is 28.4. The number of aliphatic hydroxyl groups is 1. The molecule has 0 saturated heterocycles. The van der Waals surface area contributed by atoms with Crippen molar-refractivity contribution in [3.8, 4) is 5.75 Å². The van der Waals surface area contributed by atoms with Crippen LogP contribution < -0.4 is 4.43 Å². The molecule has 0 spiro atoms. The highest BCUT2D eigenvalue weighted by Crippen LogP contribution is 2.42. The molecule has 1 fully saturated rings. The summed E-state index contributed by atoms with van der Waals surface area (Å²) in [5.74, 6) is 0.949. The number of benzene rings is 1. The minimum atomic E-state index is -1.88. The first kappa shape index (κ1) is 16.3. The monoisotopic (exact) mass is 304 g/mol. The average molecular weight is 305 g/mol. The topological polar surface area (TPSA) is 29.5 Å². The summed E-state index contributed by atoms with van der Waals surface area (Å²) < 4.78 is 6.53. The van der Waals surface area contributed by atoms with E-state index in [0.29, 0.717) is 0 Å². The van der Waals surface area contributed by atoms with E-state index >= 15 is 0 Å². The second-order valence-electron chi connectivity index (χ2n) is 7.60. The molecular weight excluding hydrogens is 276 g/mol. The fourth-order valence-corrected chi connectivity index (χ4v) is 3.17. The first-order valence-electron chi connectivity index (χ1n) is 7.77. The molecular formula is C18H28O2Si. The summed E-state index contributed by atoms with van der Waals surface area (Å²) in [5.41, 5.74) is 4.73. The van der Waals surface area contributed by atoms with E-state index in [9.17, 15) is 5.11 Å². The second-order valence-corrected chi connectivity index (χ2v) is 12.3. The van der Waals surface area contributed by atoms with Crippen molar-refractivity contribution in [3.63, 3.8) is 0 Å². The van der Waals surface area contributed by atoms with E-state index in [-0.39, 0.29) is 11.6 Å². The second kappa shape index (κ2) is 5.62. The molecule has 1 aromatic carbocycles. The van der Waals surface area contributed by atoms with Crippen LogP contribution in [0.15, 0.2) is 23.8 Å². The van der Waals surface area contributed by atoms with Gasteiger partial charge < -0.3 is 9.53 Å². The number of hydrogen-bond acceptors (Lipinski definition) is 2. The van der Waals surface area contributed by atoms with E-state index < -0.39 is 8.32 Å². The molecule has 1 aromatic rings. The summed E-state index contributed by atoms with van der Waals surface area (Å²) in [6, 6.07) is 6.33. The van der Waals surface area contributed by atoms with Gasteiger partial charge in [0.15, 0.2) is 0 Å². The van der Waals surface area contributed by atoms with Gasteiger partial charge in [0, 0.05) is 5.56 Å². The van der Waals surface area contributed by atoms with Crippen molar-refractivity contribution in [1.82, 2.24) is 0 Å². The zero-order chi connectivity index (χ0) is 15.8. The average Bonchev–Trinajstić information content (AvgIpc) is 3.15. The lowest BCUT2D eigenvalue weighted by Crippen LogP contribution is -2.44. The molecule has 1 aliphatic rings. The Balaban J connectivity index is 2.44. The van der Waals surface area contributed by atoms with Gasteiger partial charge in [-0.25, -0.2) is 0 Å². The summed E-state index contributed by atoms with van der Waals surface area (Å²) in [6.45, 7) is 13.5. The van der Waals surface area contributed by atoms with E-state index in [1.807, 2.05) is 0 Å². The summed E-state index contributed by atoms with van der Waals surface area (Å²) in [6.07, 6.45) is 2.23. The normalized spacial score (nSPS) is 15.1. The maximum atomic E-state index is 9.74. The zero-order valence-electron chi connectivity index (χ0n) is 14.2. The third-order valence-electron chi connectivity index (χ3n) is 4.72. The minimum Gasteiger partial charge on any atom is -0.543 e.